The lowest BCUT2D eigenvalue weighted by molar-refractivity contribution is -0.118. The highest BCUT2D eigenvalue weighted by molar-refractivity contribution is 5.91. The largest absolute Gasteiger partial charge is 0.489 e. The molecule has 0 aliphatic heterocycles. The first kappa shape index (κ1) is 19.2. The Labute approximate surface area is 165 Å². The van der Waals surface area contributed by atoms with Gasteiger partial charge in [0.1, 0.15) is 18.1 Å². The second-order valence-corrected chi connectivity index (χ2v) is 6.24. The van der Waals surface area contributed by atoms with Crippen molar-refractivity contribution in [3.05, 3.63) is 103 Å². The second-order valence-electron chi connectivity index (χ2n) is 6.24. The van der Waals surface area contributed by atoms with Crippen molar-refractivity contribution >= 4 is 11.6 Å². The molecule has 0 spiro atoms. The van der Waals surface area contributed by atoms with Gasteiger partial charge in [0.05, 0.1) is 0 Å². The number of amides is 1. The Morgan fingerprint density at radius 1 is 0.893 bits per heavy atom. The van der Waals surface area contributed by atoms with E-state index in [1.165, 1.54) is 0 Å². The average Bonchev–Trinajstić information content (AvgIpc) is 2.74. The number of nitrogens with one attached hydrogen (secondary N) is 1. The molecule has 0 saturated heterocycles. The molecule has 0 radical (unpaired) electrons. The van der Waals surface area contributed by atoms with Crippen LogP contribution in [0.2, 0.25) is 0 Å². The number of allylic oxidation sites excluding steroid dienone is 1. The lowest BCUT2D eigenvalue weighted by atomic mass is 10.1. The second kappa shape index (κ2) is 9.97. The van der Waals surface area contributed by atoms with Gasteiger partial charge in [0, 0.05) is 5.69 Å². The minimum absolute atomic E-state index is 0.0551. The highest BCUT2D eigenvalue weighted by atomic mass is 16.5. The number of hydrogen-bond acceptors (Lipinski definition) is 3. The summed E-state index contributed by atoms with van der Waals surface area (Å²) in [6, 6.07) is 24.9. The van der Waals surface area contributed by atoms with Gasteiger partial charge in [0.2, 0.25) is 0 Å². The van der Waals surface area contributed by atoms with E-state index < -0.39 is 0 Å². The lowest BCUT2D eigenvalue weighted by Crippen LogP contribution is -2.20. The van der Waals surface area contributed by atoms with Gasteiger partial charge in [-0.25, -0.2) is 0 Å². The highest BCUT2D eigenvalue weighted by Gasteiger charge is 2.07. The highest BCUT2D eigenvalue weighted by Crippen LogP contribution is 2.19. The first-order valence-corrected chi connectivity index (χ1v) is 9.13. The zero-order chi connectivity index (χ0) is 19.6. The van der Waals surface area contributed by atoms with Crippen LogP contribution in [-0.4, -0.2) is 12.5 Å². The number of benzene rings is 3. The molecule has 142 valence electrons. The fraction of sp³-hybridized carbons (Fsp3) is 0.125. The molecule has 4 nitrogen and oxygen atoms in total. The van der Waals surface area contributed by atoms with Crippen LogP contribution in [0.4, 0.5) is 5.69 Å². The van der Waals surface area contributed by atoms with Crippen LogP contribution < -0.4 is 14.8 Å². The van der Waals surface area contributed by atoms with E-state index >= 15 is 0 Å². The number of anilines is 1. The maximum absolute atomic E-state index is 12.2. The number of para-hydroxylation sites is 1. The zero-order valence-corrected chi connectivity index (χ0v) is 15.6. The monoisotopic (exact) mass is 373 g/mol. The minimum Gasteiger partial charge on any atom is -0.489 e. The molecule has 4 heteroatoms. The Balaban J connectivity index is 1.48. The fourth-order valence-corrected chi connectivity index (χ4v) is 2.68. The molecule has 0 aliphatic rings. The van der Waals surface area contributed by atoms with Crippen molar-refractivity contribution in [1.29, 1.82) is 0 Å². The van der Waals surface area contributed by atoms with Crippen molar-refractivity contribution in [2.75, 3.05) is 11.9 Å². The van der Waals surface area contributed by atoms with Crippen LogP contribution in [0, 0.1) is 0 Å². The van der Waals surface area contributed by atoms with Crippen LogP contribution >= 0.6 is 0 Å². The molecule has 0 heterocycles. The maximum Gasteiger partial charge on any atom is 0.262 e. The van der Waals surface area contributed by atoms with Crippen molar-refractivity contribution in [1.82, 2.24) is 0 Å². The van der Waals surface area contributed by atoms with Crippen molar-refractivity contribution in [2.24, 2.45) is 0 Å². The fourth-order valence-electron chi connectivity index (χ4n) is 2.68. The van der Waals surface area contributed by atoms with Gasteiger partial charge in [-0.15, -0.1) is 6.58 Å². The first-order valence-electron chi connectivity index (χ1n) is 9.13. The quantitative estimate of drug-likeness (QED) is 0.536. The van der Waals surface area contributed by atoms with Gasteiger partial charge < -0.3 is 14.8 Å². The van der Waals surface area contributed by atoms with Gasteiger partial charge >= 0.3 is 0 Å². The molecule has 3 aromatic carbocycles. The summed E-state index contributed by atoms with van der Waals surface area (Å²) in [6.07, 6.45) is 2.51. The summed E-state index contributed by atoms with van der Waals surface area (Å²) >= 11 is 0. The van der Waals surface area contributed by atoms with Crippen LogP contribution in [-0.2, 0) is 17.8 Å². The number of hydrogen-bond donors (Lipinski definition) is 1. The standard InChI is InChI=1S/C24H23NO3/c1-2-8-20-11-6-7-12-23(20)28-18-24(26)25-21-13-15-22(16-14-21)27-17-19-9-4-3-5-10-19/h2-7,9-16H,1,8,17-18H2,(H,25,26). The summed E-state index contributed by atoms with van der Waals surface area (Å²) in [4.78, 5) is 12.2. The SMILES string of the molecule is C=CCc1ccccc1OCC(=O)Nc1ccc(OCc2ccccc2)cc1. The molecule has 28 heavy (non-hydrogen) atoms. The van der Waals surface area contributed by atoms with Crippen molar-refractivity contribution in [3.8, 4) is 11.5 Å². The molecule has 1 N–H and O–H groups in total. The third-order valence-corrected chi connectivity index (χ3v) is 4.08. The third-order valence-electron chi connectivity index (χ3n) is 4.08. The molecule has 0 fully saturated rings. The summed E-state index contributed by atoms with van der Waals surface area (Å²) in [6.45, 7) is 4.19. The van der Waals surface area contributed by atoms with Crippen molar-refractivity contribution in [2.45, 2.75) is 13.0 Å². The van der Waals surface area contributed by atoms with Gasteiger partial charge in [-0.2, -0.15) is 0 Å². The molecule has 0 aliphatic carbocycles. The topological polar surface area (TPSA) is 47.6 Å². The predicted octanol–water partition coefficient (Wildman–Crippen LogP) is 5.01. The molecular formula is C24H23NO3. The molecule has 1 amide bonds. The maximum atomic E-state index is 12.2. The number of ether oxygens (including phenoxy) is 2. The Kier molecular flexibility index (Phi) is 6.85. The molecule has 0 saturated carbocycles. The average molecular weight is 373 g/mol. The van der Waals surface area contributed by atoms with Crippen molar-refractivity contribution < 1.29 is 14.3 Å². The number of rotatable bonds is 9. The Morgan fingerprint density at radius 3 is 2.36 bits per heavy atom. The van der Waals surface area contributed by atoms with Gasteiger partial charge in [0.25, 0.3) is 5.91 Å². The molecule has 3 rings (SSSR count). The Hall–Kier alpha value is -3.53. The van der Waals surface area contributed by atoms with Crippen LogP contribution in [0.1, 0.15) is 11.1 Å². The van der Waals surface area contributed by atoms with E-state index in [1.54, 1.807) is 0 Å². The van der Waals surface area contributed by atoms with Gasteiger partial charge in [-0.3, -0.25) is 4.79 Å². The van der Waals surface area contributed by atoms with Crippen molar-refractivity contribution in [3.63, 3.8) is 0 Å². The molecule has 0 unspecified atom stereocenters. The summed E-state index contributed by atoms with van der Waals surface area (Å²) in [5, 5.41) is 2.82. The zero-order valence-electron chi connectivity index (χ0n) is 15.6. The van der Waals surface area contributed by atoms with E-state index in [0.717, 1.165) is 16.9 Å². The first-order chi connectivity index (χ1) is 13.7. The third kappa shape index (κ3) is 5.74. The van der Waals surface area contributed by atoms with Crippen LogP contribution in [0.25, 0.3) is 0 Å². The van der Waals surface area contributed by atoms with Gasteiger partial charge in [-0.1, -0.05) is 54.6 Å². The van der Waals surface area contributed by atoms with Crippen LogP contribution in [0.15, 0.2) is 91.5 Å². The van der Waals surface area contributed by atoms with Crippen LogP contribution in [0.3, 0.4) is 0 Å². The van der Waals surface area contributed by atoms with Crippen LogP contribution in [0.5, 0.6) is 11.5 Å². The lowest BCUT2D eigenvalue weighted by Gasteiger charge is -2.11. The van der Waals surface area contributed by atoms with Gasteiger partial charge in [0.15, 0.2) is 6.61 Å². The van der Waals surface area contributed by atoms with E-state index in [2.05, 4.69) is 11.9 Å². The summed E-state index contributed by atoms with van der Waals surface area (Å²) in [7, 11) is 0. The van der Waals surface area contributed by atoms with E-state index in [4.69, 9.17) is 9.47 Å². The smallest absolute Gasteiger partial charge is 0.262 e. The summed E-state index contributed by atoms with van der Waals surface area (Å²) in [5.74, 6) is 1.23. The number of carbonyl (C=O) groups excluding carboxylic acids is 1. The minimum atomic E-state index is -0.216. The molecule has 0 atom stereocenters. The number of carbonyl (C=O) groups is 1. The normalized spacial score (nSPS) is 10.1. The predicted molar refractivity (Wildman–Crippen MR) is 112 cm³/mol. The van der Waals surface area contributed by atoms with E-state index in [9.17, 15) is 4.79 Å². The Morgan fingerprint density at radius 2 is 1.61 bits per heavy atom. The molecule has 0 bridgehead atoms. The van der Waals surface area contributed by atoms with Gasteiger partial charge in [-0.05, 0) is 47.9 Å². The Bertz CT molecular complexity index is 905. The summed E-state index contributed by atoms with van der Waals surface area (Å²) < 4.78 is 11.4. The van der Waals surface area contributed by atoms with E-state index in [0.29, 0.717) is 24.5 Å². The van der Waals surface area contributed by atoms with E-state index in [-0.39, 0.29) is 12.5 Å². The summed E-state index contributed by atoms with van der Waals surface area (Å²) in [5.41, 5.74) is 2.80. The molecule has 3 aromatic rings. The van der Waals surface area contributed by atoms with E-state index in [1.807, 2.05) is 84.9 Å². The molecule has 0 aromatic heterocycles. The molecular weight excluding hydrogens is 350 g/mol.